The number of primary sulfonamides is 1. The molecule has 0 atom stereocenters. The third-order valence-electron chi connectivity index (χ3n) is 3.87. The number of halogens is 2. The Kier molecular flexibility index (Phi) is 5.48. The van der Waals surface area contributed by atoms with Gasteiger partial charge in [-0.1, -0.05) is 11.6 Å². The van der Waals surface area contributed by atoms with E-state index >= 15 is 0 Å². The van der Waals surface area contributed by atoms with Crippen LogP contribution in [0.4, 0.5) is 0 Å². The van der Waals surface area contributed by atoms with Gasteiger partial charge in [-0.05, 0) is 58.4 Å². The Morgan fingerprint density at radius 2 is 1.89 bits per heavy atom. The van der Waals surface area contributed by atoms with Crippen LogP contribution in [0.2, 0.25) is 5.02 Å². The van der Waals surface area contributed by atoms with Gasteiger partial charge in [0, 0.05) is 5.56 Å². The Morgan fingerprint density at radius 1 is 1.25 bits per heavy atom. The molecule has 1 heterocycles. The molecule has 3 rings (SSSR count). The molecule has 28 heavy (non-hydrogen) atoms. The topological polar surface area (TPSA) is 125 Å². The Hall–Kier alpha value is -2.40. The second kappa shape index (κ2) is 7.55. The summed E-state index contributed by atoms with van der Waals surface area (Å²) in [4.78, 5) is 11.4. The molecule has 0 fully saturated rings. The van der Waals surface area contributed by atoms with Gasteiger partial charge in [0.05, 0.1) is 27.9 Å². The molecule has 11 heteroatoms. The van der Waals surface area contributed by atoms with Crippen molar-refractivity contribution >= 4 is 43.5 Å². The summed E-state index contributed by atoms with van der Waals surface area (Å²) in [7, 11) is -2.34. The van der Waals surface area contributed by atoms with Crippen LogP contribution >= 0.6 is 27.5 Å². The van der Waals surface area contributed by atoms with Crippen LogP contribution in [0.25, 0.3) is 16.9 Å². The van der Waals surface area contributed by atoms with Gasteiger partial charge < -0.3 is 9.84 Å². The van der Waals surface area contributed by atoms with Crippen LogP contribution in [0.15, 0.2) is 51.8 Å². The van der Waals surface area contributed by atoms with Gasteiger partial charge in [-0.25, -0.2) is 23.0 Å². The van der Waals surface area contributed by atoms with Crippen molar-refractivity contribution in [1.29, 1.82) is 0 Å². The lowest BCUT2D eigenvalue weighted by atomic mass is 10.1. The molecule has 0 unspecified atom stereocenters. The number of methoxy groups -OCH3 is 1. The first-order valence-electron chi connectivity index (χ1n) is 7.62. The van der Waals surface area contributed by atoms with Gasteiger partial charge in [0.1, 0.15) is 10.8 Å². The molecular weight excluding hydrogens is 474 g/mol. The Morgan fingerprint density at radius 3 is 2.39 bits per heavy atom. The van der Waals surface area contributed by atoms with E-state index in [9.17, 15) is 18.3 Å². The van der Waals surface area contributed by atoms with Gasteiger partial charge in [0.15, 0.2) is 5.69 Å². The van der Waals surface area contributed by atoms with Gasteiger partial charge in [-0.2, -0.15) is 5.10 Å². The normalized spacial score (nSPS) is 11.4. The molecule has 0 aliphatic carbocycles. The molecule has 146 valence electrons. The molecule has 0 saturated carbocycles. The van der Waals surface area contributed by atoms with Crippen molar-refractivity contribution in [1.82, 2.24) is 9.78 Å². The lowest BCUT2D eigenvalue weighted by Gasteiger charge is -2.10. The molecule has 3 N–H and O–H groups in total. The molecule has 0 radical (unpaired) electrons. The van der Waals surface area contributed by atoms with Crippen LogP contribution < -0.4 is 9.88 Å². The predicted octanol–water partition coefficient (Wildman–Crippen LogP) is 3.31. The number of carboxylic acids is 1. The highest BCUT2D eigenvalue weighted by Crippen LogP contribution is 2.37. The number of carboxylic acid groups (broad SMARTS) is 1. The first-order valence-corrected chi connectivity index (χ1v) is 10.3. The Balaban J connectivity index is 2.23. The lowest BCUT2D eigenvalue weighted by molar-refractivity contribution is 0.0690. The van der Waals surface area contributed by atoms with Gasteiger partial charge in [0.25, 0.3) is 0 Å². The third-order valence-corrected chi connectivity index (χ3v) is 5.77. The molecule has 3 aromatic rings. The zero-order valence-corrected chi connectivity index (χ0v) is 17.4. The van der Waals surface area contributed by atoms with Crippen molar-refractivity contribution in [2.24, 2.45) is 5.14 Å². The monoisotopic (exact) mass is 485 g/mol. The summed E-state index contributed by atoms with van der Waals surface area (Å²) in [5, 5.41) is 18.5. The number of aromatic carboxylic acids is 1. The average molecular weight is 487 g/mol. The van der Waals surface area contributed by atoms with Crippen molar-refractivity contribution < 1.29 is 23.1 Å². The maximum absolute atomic E-state index is 11.5. The number of aromatic nitrogens is 2. The number of ether oxygens (including phenoxy) is 1. The summed E-state index contributed by atoms with van der Waals surface area (Å²) in [6, 6.07) is 10.6. The van der Waals surface area contributed by atoms with E-state index < -0.39 is 16.0 Å². The van der Waals surface area contributed by atoms with Gasteiger partial charge in [0.2, 0.25) is 10.0 Å². The zero-order chi connectivity index (χ0) is 20.6. The molecule has 8 nitrogen and oxygen atoms in total. The van der Waals surface area contributed by atoms with E-state index in [4.69, 9.17) is 21.5 Å². The molecule has 0 aliphatic heterocycles. The molecule has 0 saturated heterocycles. The molecule has 1 aromatic heterocycles. The summed E-state index contributed by atoms with van der Waals surface area (Å²) in [6.45, 7) is 0. The third kappa shape index (κ3) is 3.76. The Bertz CT molecular complexity index is 1180. The second-order valence-corrected chi connectivity index (χ2v) is 8.41. The minimum Gasteiger partial charge on any atom is -0.496 e. The van der Waals surface area contributed by atoms with Crippen LogP contribution in [0.5, 0.6) is 5.75 Å². The van der Waals surface area contributed by atoms with Crippen molar-refractivity contribution in [2.45, 2.75) is 4.90 Å². The average Bonchev–Trinajstić information content (AvgIpc) is 2.98. The first kappa shape index (κ1) is 20.3. The lowest BCUT2D eigenvalue weighted by Crippen LogP contribution is -2.12. The van der Waals surface area contributed by atoms with Gasteiger partial charge in [-0.15, -0.1) is 0 Å². The van der Waals surface area contributed by atoms with Crippen molar-refractivity contribution in [3.05, 3.63) is 57.7 Å². The predicted molar refractivity (Wildman–Crippen MR) is 107 cm³/mol. The van der Waals surface area contributed by atoms with Crippen molar-refractivity contribution in [3.63, 3.8) is 0 Å². The molecular formula is C17H13BrClN3O5S. The summed E-state index contributed by atoms with van der Waals surface area (Å²) < 4.78 is 30.1. The van der Waals surface area contributed by atoms with E-state index in [1.807, 2.05) is 0 Å². The molecule has 0 amide bonds. The first-order chi connectivity index (χ1) is 13.1. The number of benzene rings is 2. The van der Waals surface area contributed by atoms with E-state index in [0.717, 1.165) is 0 Å². The van der Waals surface area contributed by atoms with E-state index in [-0.39, 0.29) is 15.6 Å². The van der Waals surface area contributed by atoms with E-state index in [2.05, 4.69) is 21.0 Å². The largest absolute Gasteiger partial charge is 0.496 e. The maximum Gasteiger partial charge on any atom is 0.358 e. The SMILES string of the molecule is COc1ccc(-c2c(Cl)c(C(=O)O)nn2-c2ccc(S(N)(=O)=O)cc2)cc1Br. The standard InChI is InChI=1S/C17H13BrClN3O5S/c1-27-13-7-2-9(8-12(13)18)16-14(19)15(17(23)24)21-22(16)10-3-5-11(6-4-10)28(20,25)26/h2-8H,1H3,(H,23,24)(H2,20,25,26). The minimum absolute atomic E-state index is 0.0555. The highest BCUT2D eigenvalue weighted by molar-refractivity contribution is 9.10. The maximum atomic E-state index is 11.5. The second-order valence-electron chi connectivity index (χ2n) is 5.62. The fourth-order valence-electron chi connectivity index (χ4n) is 2.56. The van der Waals surface area contributed by atoms with Gasteiger partial charge >= 0.3 is 5.97 Å². The summed E-state index contributed by atoms with van der Waals surface area (Å²) in [5.74, 6) is -0.708. The van der Waals surface area contributed by atoms with Crippen LogP contribution in [0, 0.1) is 0 Å². The van der Waals surface area contributed by atoms with E-state index in [0.29, 0.717) is 27.2 Å². The number of hydrogen-bond donors (Lipinski definition) is 2. The Labute approximate surface area is 173 Å². The number of rotatable bonds is 5. The fraction of sp³-hybridized carbons (Fsp3) is 0.0588. The molecule has 2 aromatic carbocycles. The molecule has 0 bridgehead atoms. The highest BCUT2D eigenvalue weighted by atomic mass is 79.9. The van der Waals surface area contributed by atoms with Crippen molar-refractivity contribution in [2.75, 3.05) is 7.11 Å². The number of carbonyl (C=O) groups is 1. The van der Waals surface area contributed by atoms with Crippen LogP contribution in [-0.2, 0) is 10.0 Å². The van der Waals surface area contributed by atoms with Crippen LogP contribution in [0.3, 0.4) is 0 Å². The highest BCUT2D eigenvalue weighted by Gasteiger charge is 2.24. The van der Waals surface area contributed by atoms with Crippen LogP contribution in [0.1, 0.15) is 10.5 Å². The van der Waals surface area contributed by atoms with Gasteiger partial charge in [-0.3, -0.25) is 0 Å². The smallest absolute Gasteiger partial charge is 0.358 e. The summed E-state index contributed by atoms with van der Waals surface area (Å²) in [5.41, 5.74) is 0.974. The minimum atomic E-state index is -3.86. The summed E-state index contributed by atoms with van der Waals surface area (Å²) in [6.07, 6.45) is 0. The van der Waals surface area contributed by atoms with E-state index in [1.165, 1.54) is 36.1 Å². The number of hydrogen-bond acceptors (Lipinski definition) is 5. The quantitative estimate of drug-likeness (QED) is 0.570. The molecule has 0 aliphatic rings. The molecule has 0 spiro atoms. The number of nitrogens with two attached hydrogens (primary N) is 1. The zero-order valence-electron chi connectivity index (χ0n) is 14.3. The fourth-order valence-corrected chi connectivity index (χ4v) is 3.93. The van der Waals surface area contributed by atoms with Crippen LogP contribution in [-0.4, -0.2) is 36.4 Å². The number of nitrogens with zero attached hydrogens (tertiary/aromatic N) is 2. The van der Waals surface area contributed by atoms with Crippen molar-refractivity contribution in [3.8, 4) is 22.7 Å². The number of sulfonamides is 1. The summed E-state index contributed by atoms with van der Waals surface area (Å²) >= 11 is 9.69. The van der Waals surface area contributed by atoms with E-state index in [1.54, 1.807) is 18.2 Å².